The molecule has 186 valence electrons. The average Bonchev–Trinajstić information content (AvgIpc) is 3.26. The van der Waals surface area contributed by atoms with Gasteiger partial charge in [0.05, 0.1) is 18.9 Å². The normalized spacial score (nSPS) is 17.9. The average molecular weight is 473 g/mol. The van der Waals surface area contributed by atoms with Gasteiger partial charge in [0, 0.05) is 0 Å². The van der Waals surface area contributed by atoms with Crippen molar-refractivity contribution in [3.63, 3.8) is 0 Å². The van der Waals surface area contributed by atoms with Gasteiger partial charge in [0.15, 0.2) is 0 Å². The molecule has 14 nitrogen and oxygen atoms in total. The van der Waals surface area contributed by atoms with Crippen LogP contribution in [0, 0.1) is 0 Å². The third-order valence-corrected chi connectivity index (χ3v) is 4.96. The van der Waals surface area contributed by atoms with E-state index in [0.717, 1.165) is 6.42 Å². The standard InChI is InChI=1S/C19H31N5O9/c20-6-2-1-4-11(22-16(29)10-5-3-7-21-10)17(30)23-12(8-14(25)26)18(31)24-13(19(32)33)9-15(27)28/h10-13,21H,1-9,20H2,(H,22,29)(H,23,30)(H,24,31)(H,25,26)(H,27,28)(H,32,33). The summed E-state index contributed by atoms with van der Waals surface area (Å²) in [4.78, 5) is 70.9. The Balaban J connectivity index is 2.92. The summed E-state index contributed by atoms with van der Waals surface area (Å²) in [7, 11) is 0. The van der Waals surface area contributed by atoms with Gasteiger partial charge in [0.25, 0.3) is 0 Å². The molecule has 9 N–H and O–H groups in total. The lowest BCUT2D eigenvalue weighted by Crippen LogP contribution is -2.57. The molecule has 1 aliphatic rings. The zero-order valence-corrected chi connectivity index (χ0v) is 18.0. The van der Waals surface area contributed by atoms with Crippen LogP contribution in [0.25, 0.3) is 0 Å². The zero-order chi connectivity index (χ0) is 25.0. The quantitative estimate of drug-likeness (QED) is 0.114. The van der Waals surface area contributed by atoms with Crippen molar-refractivity contribution in [2.75, 3.05) is 13.1 Å². The molecule has 33 heavy (non-hydrogen) atoms. The summed E-state index contributed by atoms with van der Waals surface area (Å²) in [5, 5.41) is 36.7. The number of amides is 3. The molecule has 0 aliphatic carbocycles. The molecule has 1 rings (SSSR count). The highest BCUT2D eigenvalue weighted by Gasteiger charge is 2.32. The minimum absolute atomic E-state index is 0.180. The number of carboxylic acid groups (broad SMARTS) is 3. The lowest BCUT2D eigenvalue weighted by molar-refractivity contribution is -0.148. The van der Waals surface area contributed by atoms with Crippen LogP contribution in [0.4, 0.5) is 0 Å². The van der Waals surface area contributed by atoms with Gasteiger partial charge < -0.3 is 42.3 Å². The predicted molar refractivity (Wildman–Crippen MR) is 112 cm³/mol. The molecule has 0 bridgehead atoms. The van der Waals surface area contributed by atoms with Gasteiger partial charge in [-0.1, -0.05) is 0 Å². The lowest BCUT2D eigenvalue weighted by Gasteiger charge is -2.24. The van der Waals surface area contributed by atoms with Gasteiger partial charge in [-0.15, -0.1) is 0 Å². The van der Waals surface area contributed by atoms with Crippen molar-refractivity contribution in [1.82, 2.24) is 21.3 Å². The molecule has 4 unspecified atom stereocenters. The molecule has 4 atom stereocenters. The van der Waals surface area contributed by atoms with Crippen molar-refractivity contribution in [2.45, 2.75) is 69.1 Å². The number of carbonyl (C=O) groups excluding carboxylic acids is 3. The molecular formula is C19H31N5O9. The molecule has 0 aromatic carbocycles. The van der Waals surface area contributed by atoms with Crippen molar-refractivity contribution in [1.29, 1.82) is 0 Å². The molecule has 1 fully saturated rings. The maximum Gasteiger partial charge on any atom is 0.326 e. The molecule has 1 aliphatic heterocycles. The first kappa shape index (κ1) is 27.8. The Morgan fingerprint density at radius 1 is 0.848 bits per heavy atom. The van der Waals surface area contributed by atoms with E-state index in [9.17, 15) is 28.8 Å². The molecule has 1 heterocycles. The maximum absolute atomic E-state index is 12.8. The summed E-state index contributed by atoms with van der Waals surface area (Å²) in [5.74, 6) is -7.01. The zero-order valence-electron chi connectivity index (χ0n) is 18.0. The third-order valence-electron chi connectivity index (χ3n) is 4.96. The number of rotatable bonds is 15. The van der Waals surface area contributed by atoms with Crippen molar-refractivity contribution in [2.24, 2.45) is 5.73 Å². The van der Waals surface area contributed by atoms with Gasteiger partial charge in [-0.25, -0.2) is 4.79 Å². The van der Waals surface area contributed by atoms with E-state index in [4.69, 9.17) is 21.1 Å². The number of carboxylic acids is 3. The van der Waals surface area contributed by atoms with Gasteiger partial charge >= 0.3 is 17.9 Å². The van der Waals surface area contributed by atoms with E-state index >= 15 is 0 Å². The molecular weight excluding hydrogens is 442 g/mol. The minimum atomic E-state index is -1.82. The van der Waals surface area contributed by atoms with Crippen LogP contribution < -0.4 is 27.0 Å². The summed E-state index contributed by atoms with van der Waals surface area (Å²) in [6.07, 6.45) is 0.779. The number of unbranched alkanes of at least 4 members (excludes halogenated alkanes) is 1. The highest BCUT2D eigenvalue weighted by molar-refractivity contribution is 5.96. The number of hydrogen-bond acceptors (Lipinski definition) is 8. The Morgan fingerprint density at radius 2 is 1.42 bits per heavy atom. The van der Waals surface area contributed by atoms with Crippen LogP contribution in [0.2, 0.25) is 0 Å². The number of hydrogen-bond donors (Lipinski definition) is 8. The van der Waals surface area contributed by atoms with Crippen LogP contribution in [0.15, 0.2) is 0 Å². The Kier molecular flexibility index (Phi) is 11.8. The molecule has 0 radical (unpaired) electrons. The van der Waals surface area contributed by atoms with Crippen LogP contribution in [0.5, 0.6) is 0 Å². The Labute approximate surface area is 189 Å². The second-order valence-electron chi connectivity index (χ2n) is 7.65. The Hall–Kier alpha value is -3.26. The fraction of sp³-hybridized carbons (Fsp3) is 0.684. The molecule has 0 aromatic heterocycles. The van der Waals surface area contributed by atoms with Crippen molar-refractivity contribution < 1.29 is 44.1 Å². The smallest absolute Gasteiger partial charge is 0.326 e. The number of aliphatic carboxylic acids is 3. The van der Waals surface area contributed by atoms with Crippen molar-refractivity contribution in [3.8, 4) is 0 Å². The predicted octanol–water partition coefficient (Wildman–Crippen LogP) is -2.64. The first-order valence-corrected chi connectivity index (χ1v) is 10.6. The monoisotopic (exact) mass is 473 g/mol. The summed E-state index contributed by atoms with van der Waals surface area (Å²) in [5.41, 5.74) is 5.47. The second-order valence-corrected chi connectivity index (χ2v) is 7.65. The molecule has 1 saturated heterocycles. The van der Waals surface area contributed by atoms with Gasteiger partial charge in [-0.05, 0) is 45.2 Å². The number of nitrogens with two attached hydrogens (primary N) is 1. The van der Waals surface area contributed by atoms with E-state index in [-0.39, 0.29) is 6.42 Å². The summed E-state index contributed by atoms with van der Waals surface area (Å²) in [6, 6.07) is -5.06. The maximum atomic E-state index is 12.8. The third kappa shape index (κ3) is 10.3. The summed E-state index contributed by atoms with van der Waals surface area (Å²) < 4.78 is 0. The highest BCUT2D eigenvalue weighted by Crippen LogP contribution is 2.08. The van der Waals surface area contributed by atoms with Crippen LogP contribution in [0.3, 0.4) is 0 Å². The van der Waals surface area contributed by atoms with Crippen LogP contribution in [-0.4, -0.2) is 88.2 Å². The second kappa shape index (κ2) is 14.0. The molecule has 0 aromatic rings. The van der Waals surface area contributed by atoms with E-state index in [0.29, 0.717) is 32.4 Å². The number of nitrogens with one attached hydrogen (secondary N) is 4. The van der Waals surface area contributed by atoms with Gasteiger partial charge in [-0.3, -0.25) is 24.0 Å². The molecule has 0 saturated carbocycles. The topological polar surface area (TPSA) is 237 Å². The van der Waals surface area contributed by atoms with E-state index in [1.807, 2.05) is 5.32 Å². The minimum Gasteiger partial charge on any atom is -0.481 e. The van der Waals surface area contributed by atoms with Crippen LogP contribution >= 0.6 is 0 Å². The summed E-state index contributed by atoms with van der Waals surface area (Å²) >= 11 is 0. The van der Waals surface area contributed by atoms with E-state index < -0.39 is 72.6 Å². The van der Waals surface area contributed by atoms with E-state index in [2.05, 4.69) is 16.0 Å². The van der Waals surface area contributed by atoms with Crippen LogP contribution in [0.1, 0.15) is 44.9 Å². The SMILES string of the molecule is NCCCCC(NC(=O)C1CCCN1)C(=O)NC(CC(=O)O)C(=O)NC(CC(=O)O)C(=O)O. The number of carbonyl (C=O) groups is 6. The summed E-state index contributed by atoms with van der Waals surface area (Å²) in [6.45, 7) is 1.01. The molecule has 0 spiro atoms. The first-order valence-electron chi connectivity index (χ1n) is 10.6. The molecule has 3 amide bonds. The van der Waals surface area contributed by atoms with Crippen molar-refractivity contribution >= 4 is 35.6 Å². The van der Waals surface area contributed by atoms with Crippen LogP contribution in [-0.2, 0) is 28.8 Å². The fourth-order valence-electron chi connectivity index (χ4n) is 3.25. The van der Waals surface area contributed by atoms with Gasteiger partial charge in [0.1, 0.15) is 18.1 Å². The Bertz CT molecular complexity index is 739. The Morgan fingerprint density at radius 3 is 1.94 bits per heavy atom. The van der Waals surface area contributed by atoms with E-state index in [1.54, 1.807) is 0 Å². The first-order chi connectivity index (χ1) is 15.5. The fourth-order valence-corrected chi connectivity index (χ4v) is 3.25. The van der Waals surface area contributed by atoms with Gasteiger partial charge in [0.2, 0.25) is 17.7 Å². The molecule has 14 heteroatoms. The van der Waals surface area contributed by atoms with Crippen molar-refractivity contribution in [3.05, 3.63) is 0 Å². The largest absolute Gasteiger partial charge is 0.481 e. The lowest BCUT2D eigenvalue weighted by atomic mass is 10.1. The van der Waals surface area contributed by atoms with Gasteiger partial charge in [-0.2, -0.15) is 0 Å². The highest BCUT2D eigenvalue weighted by atomic mass is 16.4. The van der Waals surface area contributed by atoms with E-state index in [1.165, 1.54) is 0 Å².